The monoisotopic (exact) mass is 331 g/mol. The number of aromatic nitrogens is 1. The number of amides is 1. The summed E-state index contributed by atoms with van der Waals surface area (Å²) in [5.41, 5.74) is 2.57. The highest BCUT2D eigenvalue weighted by Gasteiger charge is 2.32. The number of nitrogens with one attached hydrogen (secondary N) is 1. The number of hydrogen-bond donors (Lipinski definition) is 1. The minimum atomic E-state index is 0.227. The van der Waals surface area contributed by atoms with Crippen molar-refractivity contribution in [1.82, 2.24) is 14.8 Å². The van der Waals surface area contributed by atoms with Gasteiger partial charge in [0, 0.05) is 36.9 Å². The maximum atomic E-state index is 12.2. The lowest BCUT2D eigenvalue weighted by molar-refractivity contribution is -0.121. The molecule has 4 heteroatoms. The van der Waals surface area contributed by atoms with Gasteiger partial charge in [-0.25, -0.2) is 0 Å². The van der Waals surface area contributed by atoms with Crippen molar-refractivity contribution in [3.63, 3.8) is 0 Å². The molecule has 1 amide bonds. The van der Waals surface area contributed by atoms with Crippen LogP contribution < -0.4 is 5.32 Å². The lowest BCUT2D eigenvalue weighted by Crippen LogP contribution is -2.51. The van der Waals surface area contributed by atoms with Gasteiger partial charge < -0.3 is 14.8 Å². The first kappa shape index (κ1) is 17.5. The van der Waals surface area contributed by atoms with Gasteiger partial charge >= 0.3 is 0 Å². The molecule has 2 atom stereocenters. The molecule has 0 unspecified atom stereocenters. The fourth-order valence-electron chi connectivity index (χ4n) is 4.60. The van der Waals surface area contributed by atoms with Crippen molar-refractivity contribution in [1.29, 1.82) is 0 Å². The van der Waals surface area contributed by atoms with Crippen LogP contribution in [0.1, 0.15) is 56.3 Å². The van der Waals surface area contributed by atoms with Crippen molar-refractivity contribution >= 4 is 5.91 Å². The van der Waals surface area contributed by atoms with Gasteiger partial charge in [-0.3, -0.25) is 4.79 Å². The summed E-state index contributed by atoms with van der Waals surface area (Å²) in [6.45, 7) is 8.62. The number of rotatable bonds is 6. The summed E-state index contributed by atoms with van der Waals surface area (Å²) in [4.78, 5) is 14.9. The van der Waals surface area contributed by atoms with Crippen molar-refractivity contribution in [2.75, 3.05) is 19.6 Å². The van der Waals surface area contributed by atoms with Gasteiger partial charge in [-0.1, -0.05) is 6.42 Å². The summed E-state index contributed by atoms with van der Waals surface area (Å²) in [5.74, 6) is 0.891. The smallest absolute Gasteiger partial charge is 0.220 e. The first-order valence-corrected chi connectivity index (χ1v) is 9.78. The van der Waals surface area contributed by atoms with Crippen LogP contribution >= 0.6 is 0 Å². The third-order valence-corrected chi connectivity index (χ3v) is 5.99. The summed E-state index contributed by atoms with van der Waals surface area (Å²) >= 11 is 0. The van der Waals surface area contributed by atoms with Crippen molar-refractivity contribution in [2.24, 2.45) is 5.92 Å². The lowest BCUT2D eigenvalue weighted by atomic mass is 9.83. The Morgan fingerprint density at radius 1 is 1.12 bits per heavy atom. The van der Waals surface area contributed by atoms with Crippen LogP contribution in [-0.2, 0) is 11.3 Å². The van der Waals surface area contributed by atoms with Crippen LogP contribution in [0.3, 0.4) is 0 Å². The van der Waals surface area contributed by atoms with E-state index in [1.54, 1.807) is 0 Å². The zero-order chi connectivity index (χ0) is 16.9. The molecule has 0 aromatic carbocycles. The molecule has 134 valence electrons. The molecule has 1 aromatic heterocycles. The van der Waals surface area contributed by atoms with Crippen molar-refractivity contribution in [3.8, 4) is 0 Å². The Balaban J connectivity index is 1.39. The van der Waals surface area contributed by atoms with E-state index in [2.05, 4.69) is 40.8 Å². The van der Waals surface area contributed by atoms with Crippen LogP contribution in [0, 0.1) is 19.8 Å². The minimum Gasteiger partial charge on any atom is -0.356 e. The standard InChI is InChI=1S/C20H33N3O/c1-16-10-11-17(2)23(16)14-6-9-20(24)21-15-18-7-5-13-22-12-4-3-8-19(18)22/h10-11,18-19H,3-9,12-15H2,1-2H3,(H,21,24)/t18-,19+/m0/s1. The van der Waals surface area contributed by atoms with Gasteiger partial charge in [-0.15, -0.1) is 0 Å². The van der Waals surface area contributed by atoms with E-state index in [1.807, 2.05) is 0 Å². The second-order valence-electron chi connectivity index (χ2n) is 7.68. The number of nitrogens with zero attached hydrogens (tertiary/aromatic N) is 2. The van der Waals surface area contributed by atoms with Crippen LogP contribution in [-0.4, -0.2) is 41.1 Å². The molecule has 2 aliphatic rings. The first-order valence-electron chi connectivity index (χ1n) is 9.78. The molecule has 1 N–H and O–H groups in total. The summed E-state index contributed by atoms with van der Waals surface area (Å²) in [6, 6.07) is 5.01. The largest absolute Gasteiger partial charge is 0.356 e. The number of aryl methyl sites for hydroxylation is 2. The Kier molecular flexibility index (Phi) is 5.99. The van der Waals surface area contributed by atoms with E-state index < -0.39 is 0 Å². The lowest BCUT2D eigenvalue weighted by Gasteiger charge is -2.44. The van der Waals surface area contributed by atoms with Gasteiger partial charge in [0.15, 0.2) is 0 Å². The van der Waals surface area contributed by atoms with E-state index >= 15 is 0 Å². The Morgan fingerprint density at radius 2 is 1.88 bits per heavy atom. The molecule has 4 nitrogen and oxygen atoms in total. The highest BCUT2D eigenvalue weighted by Crippen LogP contribution is 2.30. The molecule has 2 saturated heterocycles. The van der Waals surface area contributed by atoms with Gasteiger partial charge in [0.1, 0.15) is 0 Å². The third-order valence-electron chi connectivity index (χ3n) is 5.99. The molecule has 2 aliphatic heterocycles. The Bertz CT molecular complexity index is 530. The van der Waals surface area contributed by atoms with Gasteiger partial charge in [0.25, 0.3) is 0 Å². The molecular formula is C20H33N3O. The predicted octanol–water partition coefficient (Wildman–Crippen LogP) is 3.27. The molecule has 1 aromatic rings. The molecular weight excluding hydrogens is 298 g/mol. The highest BCUT2D eigenvalue weighted by molar-refractivity contribution is 5.75. The Labute approximate surface area is 146 Å². The summed E-state index contributed by atoms with van der Waals surface area (Å²) in [5, 5.41) is 3.22. The molecule has 0 spiro atoms. The molecule has 0 bridgehead atoms. The molecule has 3 rings (SSSR count). The van der Waals surface area contributed by atoms with Gasteiger partial charge in [-0.2, -0.15) is 0 Å². The van der Waals surface area contributed by atoms with Crippen LogP contribution in [0.15, 0.2) is 12.1 Å². The second-order valence-corrected chi connectivity index (χ2v) is 7.68. The summed E-state index contributed by atoms with van der Waals surface area (Å²) in [7, 11) is 0. The van der Waals surface area contributed by atoms with E-state index in [0.29, 0.717) is 12.3 Å². The predicted molar refractivity (Wildman–Crippen MR) is 98.1 cm³/mol. The topological polar surface area (TPSA) is 37.3 Å². The van der Waals surface area contributed by atoms with Crippen LogP contribution in [0.5, 0.6) is 0 Å². The fourth-order valence-corrected chi connectivity index (χ4v) is 4.60. The van der Waals surface area contributed by atoms with Gasteiger partial charge in [0.05, 0.1) is 0 Å². The van der Waals surface area contributed by atoms with E-state index in [-0.39, 0.29) is 5.91 Å². The average Bonchev–Trinajstić information content (AvgIpc) is 2.92. The maximum Gasteiger partial charge on any atom is 0.220 e. The first-order chi connectivity index (χ1) is 11.6. The zero-order valence-electron chi connectivity index (χ0n) is 15.4. The zero-order valence-corrected chi connectivity index (χ0v) is 15.4. The number of carbonyl (C=O) groups is 1. The van der Waals surface area contributed by atoms with Crippen LogP contribution in [0.25, 0.3) is 0 Å². The number of hydrogen-bond acceptors (Lipinski definition) is 2. The summed E-state index contributed by atoms with van der Waals surface area (Å²) in [6.07, 6.45) is 8.18. The Morgan fingerprint density at radius 3 is 2.67 bits per heavy atom. The third kappa shape index (κ3) is 4.21. The van der Waals surface area contributed by atoms with E-state index in [4.69, 9.17) is 0 Å². The van der Waals surface area contributed by atoms with Crippen molar-refractivity contribution < 1.29 is 4.79 Å². The quantitative estimate of drug-likeness (QED) is 0.869. The van der Waals surface area contributed by atoms with Crippen molar-refractivity contribution in [2.45, 2.75) is 71.4 Å². The van der Waals surface area contributed by atoms with Gasteiger partial charge in [-0.05, 0) is 77.1 Å². The second kappa shape index (κ2) is 8.19. The summed E-state index contributed by atoms with van der Waals surface area (Å²) < 4.78 is 2.30. The van der Waals surface area contributed by atoms with Crippen LogP contribution in [0.2, 0.25) is 0 Å². The fraction of sp³-hybridized carbons (Fsp3) is 0.750. The molecule has 0 aliphatic carbocycles. The minimum absolute atomic E-state index is 0.227. The normalized spacial score (nSPS) is 24.6. The van der Waals surface area contributed by atoms with E-state index in [1.165, 1.54) is 56.6 Å². The molecule has 24 heavy (non-hydrogen) atoms. The molecule has 2 fully saturated rings. The van der Waals surface area contributed by atoms with Crippen LogP contribution in [0.4, 0.5) is 0 Å². The number of fused-ring (bicyclic) bond motifs is 1. The Hall–Kier alpha value is -1.29. The van der Waals surface area contributed by atoms with Crippen molar-refractivity contribution in [3.05, 3.63) is 23.5 Å². The maximum absolute atomic E-state index is 12.2. The molecule has 0 saturated carbocycles. The van der Waals surface area contributed by atoms with E-state index in [9.17, 15) is 4.79 Å². The molecule has 3 heterocycles. The van der Waals surface area contributed by atoms with Gasteiger partial charge in [0.2, 0.25) is 5.91 Å². The molecule has 0 radical (unpaired) electrons. The number of carbonyl (C=O) groups excluding carboxylic acids is 1. The van der Waals surface area contributed by atoms with E-state index in [0.717, 1.165) is 25.6 Å². The average molecular weight is 332 g/mol. The highest BCUT2D eigenvalue weighted by atomic mass is 16.1. The number of piperidine rings is 2. The SMILES string of the molecule is Cc1ccc(C)n1CCCC(=O)NC[C@@H]1CCCN2CCCC[C@H]12.